The zero-order valence-electron chi connectivity index (χ0n) is 15.3. The zero-order valence-corrected chi connectivity index (χ0v) is 15.3. The first kappa shape index (κ1) is 21.3. The van der Waals surface area contributed by atoms with Crippen molar-refractivity contribution in [1.29, 1.82) is 0 Å². The van der Waals surface area contributed by atoms with E-state index in [1.807, 2.05) is 31.2 Å². The smallest absolute Gasteiger partial charge is 0.405 e. The number of ether oxygens (including phenoxy) is 1. The van der Waals surface area contributed by atoms with Crippen LogP contribution in [-0.2, 0) is 4.79 Å². The van der Waals surface area contributed by atoms with Crippen molar-refractivity contribution in [1.82, 2.24) is 5.32 Å². The van der Waals surface area contributed by atoms with Gasteiger partial charge in [-0.1, -0.05) is 29.8 Å². The van der Waals surface area contributed by atoms with Crippen molar-refractivity contribution < 1.29 is 27.5 Å². The van der Waals surface area contributed by atoms with E-state index in [1.54, 1.807) is 11.4 Å². The molecule has 0 saturated heterocycles. The topological polar surface area (TPSA) is 67.4 Å². The van der Waals surface area contributed by atoms with Gasteiger partial charge < -0.3 is 15.4 Å². The predicted molar refractivity (Wildman–Crippen MR) is 99.4 cm³/mol. The van der Waals surface area contributed by atoms with Crippen molar-refractivity contribution in [2.24, 2.45) is 0 Å². The second-order valence-corrected chi connectivity index (χ2v) is 6.16. The summed E-state index contributed by atoms with van der Waals surface area (Å²) in [4.78, 5) is 24.0. The predicted octanol–water partition coefficient (Wildman–Crippen LogP) is 4.08. The zero-order chi connectivity index (χ0) is 20.6. The van der Waals surface area contributed by atoms with Gasteiger partial charge in [-0.25, -0.2) is 0 Å². The van der Waals surface area contributed by atoms with Gasteiger partial charge >= 0.3 is 6.18 Å². The molecule has 28 heavy (non-hydrogen) atoms. The Hall–Kier alpha value is -3.03. The summed E-state index contributed by atoms with van der Waals surface area (Å²) in [7, 11) is 0. The number of anilines is 1. The molecule has 2 N–H and O–H groups in total. The van der Waals surface area contributed by atoms with E-state index >= 15 is 0 Å². The summed E-state index contributed by atoms with van der Waals surface area (Å²) in [6.07, 6.45) is -3.92. The summed E-state index contributed by atoms with van der Waals surface area (Å²) in [6, 6.07) is 13.4. The highest BCUT2D eigenvalue weighted by molar-refractivity contribution is 6.03. The van der Waals surface area contributed by atoms with Crippen LogP contribution in [0.4, 0.5) is 18.9 Å². The first-order valence-corrected chi connectivity index (χ1v) is 8.68. The first-order chi connectivity index (χ1) is 13.2. The number of hydrogen-bond acceptors (Lipinski definition) is 3. The summed E-state index contributed by atoms with van der Waals surface area (Å²) in [5.74, 6) is -0.558. The number of aryl methyl sites for hydroxylation is 1. The van der Waals surface area contributed by atoms with Gasteiger partial charge in [0.15, 0.2) is 0 Å². The minimum absolute atomic E-state index is 0.0315. The Morgan fingerprint density at radius 1 is 1.04 bits per heavy atom. The standard InChI is InChI=1S/C20H21F3N2O3/c1-14-8-10-15(11-9-14)28-12-4-7-18(26)25-17-6-3-2-5-16(17)19(27)24-13-20(21,22)23/h2-3,5-6,8-11H,4,7,12-13H2,1H3,(H,24,27)(H,25,26). The average molecular weight is 394 g/mol. The Kier molecular flexibility index (Phi) is 7.43. The van der Waals surface area contributed by atoms with Crippen molar-refractivity contribution in [2.45, 2.75) is 25.9 Å². The molecule has 0 fully saturated rings. The molecular weight excluding hydrogens is 373 g/mol. The van der Waals surface area contributed by atoms with Crippen LogP contribution in [0.15, 0.2) is 48.5 Å². The molecule has 0 aliphatic heterocycles. The number of amides is 2. The van der Waals surface area contributed by atoms with E-state index in [2.05, 4.69) is 5.32 Å². The fourth-order valence-electron chi connectivity index (χ4n) is 2.34. The van der Waals surface area contributed by atoms with E-state index in [0.717, 1.165) is 5.56 Å². The molecular formula is C20H21F3N2O3. The van der Waals surface area contributed by atoms with Crippen LogP contribution in [-0.4, -0.2) is 31.1 Å². The Balaban J connectivity index is 1.83. The van der Waals surface area contributed by atoms with E-state index in [9.17, 15) is 22.8 Å². The van der Waals surface area contributed by atoms with Crippen LogP contribution in [0.25, 0.3) is 0 Å². The van der Waals surface area contributed by atoms with Crippen LogP contribution in [0, 0.1) is 6.92 Å². The maximum absolute atomic E-state index is 12.3. The second-order valence-electron chi connectivity index (χ2n) is 6.16. The summed E-state index contributed by atoms with van der Waals surface area (Å²) in [5, 5.41) is 4.35. The molecule has 0 atom stereocenters. The van der Waals surface area contributed by atoms with Gasteiger partial charge in [0, 0.05) is 6.42 Å². The lowest BCUT2D eigenvalue weighted by Gasteiger charge is -2.12. The van der Waals surface area contributed by atoms with Crippen LogP contribution in [0.2, 0.25) is 0 Å². The number of hydrogen-bond donors (Lipinski definition) is 2. The van der Waals surface area contributed by atoms with Crippen LogP contribution >= 0.6 is 0 Å². The SMILES string of the molecule is Cc1ccc(OCCCC(=O)Nc2ccccc2C(=O)NCC(F)(F)F)cc1. The van der Waals surface area contributed by atoms with Gasteiger partial charge in [-0.3, -0.25) is 9.59 Å². The van der Waals surface area contributed by atoms with Gasteiger partial charge in [0.1, 0.15) is 12.3 Å². The number of alkyl halides is 3. The van der Waals surface area contributed by atoms with Gasteiger partial charge in [-0.05, 0) is 37.6 Å². The molecule has 0 radical (unpaired) electrons. The third-order valence-corrected chi connectivity index (χ3v) is 3.73. The molecule has 0 aliphatic rings. The fourth-order valence-corrected chi connectivity index (χ4v) is 2.34. The summed E-state index contributed by atoms with van der Waals surface area (Å²) in [6.45, 7) is 0.865. The van der Waals surface area contributed by atoms with Crippen LogP contribution < -0.4 is 15.4 Å². The van der Waals surface area contributed by atoms with Gasteiger partial charge in [0.25, 0.3) is 5.91 Å². The monoisotopic (exact) mass is 394 g/mol. The Morgan fingerprint density at radius 2 is 1.71 bits per heavy atom. The van der Waals surface area contributed by atoms with Gasteiger partial charge in [0.05, 0.1) is 17.9 Å². The lowest BCUT2D eigenvalue weighted by molar-refractivity contribution is -0.123. The molecule has 5 nitrogen and oxygen atoms in total. The largest absolute Gasteiger partial charge is 0.494 e. The Labute approximate surface area is 160 Å². The molecule has 0 bridgehead atoms. The Morgan fingerprint density at radius 3 is 2.39 bits per heavy atom. The number of para-hydroxylation sites is 1. The summed E-state index contributed by atoms with van der Waals surface area (Å²) in [5.41, 5.74) is 1.24. The van der Waals surface area contributed by atoms with E-state index in [-0.39, 0.29) is 23.6 Å². The molecule has 0 unspecified atom stereocenters. The quantitative estimate of drug-likeness (QED) is 0.663. The fraction of sp³-hybridized carbons (Fsp3) is 0.300. The van der Waals surface area contributed by atoms with E-state index in [4.69, 9.17) is 4.74 Å². The number of rotatable bonds is 8. The minimum atomic E-state index is -4.51. The van der Waals surface area contributed by atoms with Crippen LogP contribution in [0.5, 0.6) is 5.75 Å². The van der Waals surface area contributed by atoms with E-state index < -0.39 is 18.6 Å². The maximum atomic E-state index is 12.3. The number of carbonyl (C=O) groups excluding carboxylic acids is 2. The number of halogens is 3. The second kappa shape index (κ2) is 9.77. The highest BCUT2D eigenvalue weighted by Gasteiger charge is 2.28. The molecule has 0 saturated carbocycles. The molecule has 0 aromatic heterocycles. The molecule has 150 valence electrons. The van der Waals surface area contributed by atoms with E-state index in [1.165, 1.54) is 18.2 Å². The lowest BCUT2D eigenvalue weighted by Crippen LogP contribution is -2.34. The molecule has 2 aromatic rings. The van der Waals surface area contributed by atoms with Crippen molar-refractivity contribution >= 4 is 17.5 Å². The minimum Gasteiger partial charge on any atom is -0.494 e. The summed E-state index contributed by atoms with van der Waals surface area (Å²) < 4.78 is 42.3. The first-order valence-electron chi connectivity index (χ1n) is 8.68. The molecule has 0 aliphatic carbocycles. The van der Waals surface area contributed by atoms with Crippen molar-refractivity contribution in [3.05, 3.63) is 59.7 Å². The maximum Gasteiger partial charge on any atom is 0.405 e. The molecule has 8 heteroatoms. The summed E-state index contributed by atoms with van der Waals surface area (Å²) >= 11 is 0. The molecule has 2 amide bonds. The van der Waals surface area contributed by atoms with Crippen molar-refractivity contribution in [3.8, 4) is 5.75 Å². The highest BCUT2D eigenvalue weighted by atomic mass is 19.4. The third-order valence-electron chi connectivity index (χ3n) is 3.73. The van der Waals surface area contributed by atoms with Crippen molar-refractivity contribution in [3.63, 3.8) is 0 Å². The van der Waals surface area contributed by atoms with Gasteiger partial charge in [-0.2, -0.15) is 13.2 Å². The van der Waals surface area contributed by atoms with Crippen LogP contribution in [0.3, 0.4) is 0 Å². The molecule has 0 spiro atoms. The van der Waals surface area contributed by atoms with Crippen molar-refractivity contribution in [2.75, 3.05) is 18.5 Å². The van der Waals surface area contributed by atoms with Gasteiger partial charge in [-0.15, -0.1) is 0 Å². The number of carbonyl (C=O) groups is 2. The molecule has 0 heterocycles. The Bertz CT molecular complexity index is 805. The highest BCUT2D eigenvalue weighted by Crippen LogP contribution is 2.17. The average Bonchev–Trinajstić information content (AvgIpc) is 2.64. The number of benzene rings is 2. The normalized spacial score (nSPS) is 11.0. The van der Waals surface area contributed by atoms with E-state index in [0.29, 0.717) is 18.8 Å². The van der Waals surface area contributed by atoms with Crippen LogP contribution in [0.1, 0.15) is 28.8 Å². The molecule has 2 rings (SSSR count). The number of nitrogens with one attached hydrogen (secondary N) is 2. The third kappa shape index (κ3) is 7.30. The lowest BCUT2D eigenvalue weighted by atomic mass is 10.1. The molecule has 2 aromatic carbocycles. The van der Waals surface area contributed by atoms with Gasteiger partial charge in [0.2, 0.25) is 5.91 Å².